The Hall–Kier alpha value is -2.75. The Morgan fingerprint density at radius 2 is 2.12 bits per heavy atom. The molecule has 0 atom stereocenters. The van der Waals surface area contributed by atoms with E-state index in [1.807, 2.05) is 0 Å². The van der Waals surface area contributed by atoms with E-state index in [-0.39, 0.29) is 11.4 Å². The van der Waals surface area contributed by atoms with Crippen molar-refractivity contribution >= 4 is 22.4 Å². The maximum Gasteiger partial charge on any atom is 0.416 e. The lowest BCUT2D eigenvalue weighted by molar-refractivity contribution is -0.137. The van der Waals surface area contributed by atoms with Crippen molar-refractivity contribution in [3.63, 3.8) is 0 Å². The highest BCUT2D eigenvalue weighted by molar-refractivity contribution is 7.13. The van der Waals surface area contributed by atoms with Gasteiger partial charge in [-0.05, 0) is 25.1 Å². The van der Waals surface area contributed by atoms with Crippen LogP contribution in [0.2, 0.25) is 0 Å². The number of hydrogen-bond donors (Lipinski definition) is 1. The number of halogens is 3. The van der Waals surface area contributed by atoms with Gasteiger partial charge in [-0.25, -0.2) is 9.67 Å². The second-order valence-corrected chi connectivity index (χ2v) is 5.67. The Kier molecular flexibility index (Phi) is 4.06. The fraction of sp³-hybridized carbons (Fsp3) is 0.143. The van der Waals surface area contributed by atoms with Crippen LogP contribution in [0.15, 0.2) is 35.8 Å². The summed E-state index contributed by atoms with van der Waals surface area (Å²) in [7, 11) is 0. The molecule has 1 amide bonds. The van der Waals surface area contributed by atoms with E-state index in [1.165, 1.54) is 34.3 Å². The van der Waals surface area contributed by atoms with Crippen LogP contribution in [-0.2, 0) is 6.18 Å². The van der Waals surface area contributed by atoms with E-state index in [0.29, 0.717) is 10.8 Å². The molecule has 0 aliphatic rings. The zero-order valence-corrected chi connectivity index (χ0v) is 13.0. The minimum atomic E-state index is -4.46. The highest BCUT2D eigenvalue weighted by Gasteiger charge is 2.31. The smallest absolute Gasteiger partial charge is 0.296 e. The van der Waals surface area contributed by atoms with Crippen molar-refractivity contribution in [1.29, 1.82) is 0 Å². The van der Waals surface area contributed by atoms with Crippen molar-refractivity contribution in [2.45, 2.75) is 13.1 Å². The average Bonchev–Trinajstić information content (AvgIpc) is 3.16. The van der Waals surface area contributed by atoms with Crippen LogP contribution >= 0.6 is 11.3 Å². The number of anilines is 1. The standard InChI is InChI=1S/C14H10F3N5OS/c1-8-11(12(23)19-13-18-5-6-24-13)20-21-22(8)10-4-2-3-9(7-10)14(15,16)17/h2-7H,1H3,(H,18,19,23). The third-order valence-corrected chi connectivity index (χ3v) is 3.87. The second-order valence-electron chi connectivity index (χ2n) is 4.77. The third-order valence-electron chi connectivity index (χ3n) is 3.18. The number of thiazole rings is 1. The van der Waals surface area contributed by atoms with E-state index in [2.05, 4.69) is 20.6 Å². The van der Waals surface area contributed by atoms with Crippen LogP contribution in [0.25, 0.3) is 5.69 Å². The molecule has 1 aromatic carbocycles. The fourth-order valence-corrected chi connectivity index (χ4v) is 2.56. The highest BCUT2D eigenvalue weighted by Crippen LogP contribution is 2.30. The Morgan fingerprint density at radius 1 is 1.33 bits per heavy atom. The lowest BCUT2D eigenvalue weighted by Gasteiger charge is -2.09. The lowest BCUT2D eigenvalue weighted by atomic mass is 10.2. The van der Waals surface area contributed by atoms with Crippen molar-refractivity contribution in [3.8, 4) is 5.69 Å². The van der Waals surface area contributed by atoms with E-state index in [1.54, 1.807) is 12.3 Å². The van der Waals surface area contributed by atoms with Crippen molar-refractivity contribution in [1.82, 2.24) is 20.0 Å². The minimum absolute atomic E-state index is 0.0163. The Bertz CT molecular complexity index is 873. The summed E-state index contributed by atoms with van der Waals surface area (Å²) in [5, 5.41) is 12.2. The molecule has 3 aromatic rings. The Balaban J connectivity index is 1.91. The number of alkyl halides is 3. The molecule has 0 aliphatic carbocycles. The maximum atomic E-state index is 12.8. The van der Waals surface area contributed by atoms with E-state index in [9.17, 15) is 18.0 Å². The monoisotopic (exact) mass is 353 g/mol. The van der Waals surface area contributed by atoms with Crippen LogP contribution < -0.4 is 5.32 Å². The first-order valence-corrected chi connectivity index (χ1v) is 7.55. The van der Waals surface area contributed by atoms with Crippen molar-refractivity contribution in [3.05, 3.63) is 52.8 Å². The second kappa shape index (κ2) is 6.04. The summed E-state index contributed by atoms with van der Waals surface area (Å²) in [5.41, 5.74) is -0.294. The van der Waals surface area contributed by atoms with Gasteiger partial charge < -0.3 is 0 Å². The van der Waals surface area contributed by atoms with Crippen LogP contribution in [0.1, 0.15) is 21.7 Å². The number of rotatable bonds is 3. The van der Waals surface area contributed by atoms with E-state index < -0.39 is 17.6 Å². The molecule has 124 valence electrons. The molecule has 10 heteroatoms. The molecule has 0 radical (unpaired) electrons. The van der Waals surface area contributed by atoms with Gasteiger partial charge in [0.2, 0.25) is 0 Å². The Morgan fingerprint density at radius 3 is 2.79 bits per heavy atom. The van der Waals surface area contributed by atoms with Gasteiger partial charge in [0.25, 0.3) is 5.91 Å². The number of amides is 1. The van der Waals surface area contributed by atoms with Gasteiger partial charge in [0, 0.05) is 11.6 Å². The normalized spacial score (nSPS) is 11.5. The zero-order valence-electron chi connectivity index (χ0n) is 12.2. The first kappa shape index (κ1) is 16.1. The lowest BCUT2D eigenvalue weighted by Crippen LogP contribution is -2.14. The molecule has 1 N–H and O–H groups in total. The molecule has 0 saturated carbocycles. The number of carbonyl (C=O) groups is 1. The van der Waals surface area contributed by atoms with Crippen LogP contribution in [0.3, 0.4) is 0 Å². The molecule has 2 aromatic heterocycles. The van der Waals surface area contributed by atoms with Gasteiger partial charge in [0.15, 0.2) is 10.8 Å². The van der Waals surface area contributed by atoms with Gasteiger partial charge in [0.05, 0.1) is 16.9 Å². The first-order valence-electron chi connectivity index (χ1n) is 6.67. The fourth-order valence-electron chi connectivity index (χ4n) is 2.04. The van der Waals surface area contributed by atoms with E-state index >= 15 is 0 Å². The molecule has 24 heavy (non-hydrogen) atoms. The minimum Gasteiger partial charge on any atom is -0.296 e. The molecule has 0 saturated heterocycles. The number of nitrogens with zero attached hydrogens (tertiary/aromatic N) is 4. The van der Waals surface area contributed by atoms with Crippen LogP contribution in [0.4, 0.5) is 18.3 Å². The van der Waals surface area contributed by atoms with Gasteiger partial charge in [-0.3, -0.25) is 10.1 Å². The molecule has 0 unspecified atom stereocenters. The third kappa shape index (κ3) is 3.13. The highest BCUT2D eigenvalue weighted by atomic mass is 32.1. The van der Waals surface area contributed by atoms with E-state index in [4.69, 9.17) is 0 Å². The summed E-state index contributed by atoms with van der Waals surface area (Å²) in [4.78, 5) is 16.1. The van der Waals surface area contributed by atoms with Gasteiger partial charge >= 0.3 is 6.18 Å². The summed E-state index contributed by atoms with van der Waals surface area (Å²) in [5.74, 6) is -0.527. The molecule has 0 aliphatic heterocycles. The van der Waals surface area contributed by atoms with E-state index in [0.717, 1.165) is 12.1 Å². The SMILES string of the molecule is Cc1c(C(=O)Nc2nccs2)nnn1-c1cccc(C(F)(F)F)c1. The number of carbonyl (C=O) groups excluding carboxylic acids is 1. The molecular weight excluding hydrogens is 343 g/mol. The number of benzene rings is 1. The largest absolute Gasteiger partial charge is 0.416 e. The van der Waals surface area contributed by atoms with Gasteiger partial charge in [0.1, 0.15) is 0 Å². The molecule has 6 nitrogen and oxygen atoms in total. The van der Waals surface area contributed by atoms with Crippen molar-refractivity contribution < 1.29 is 18.0 Å². The molecule has 0 bridgehead atoms. The van der Waals surface area contributed by atoms with Crippen LogP contribution in [0, 0.1) is 6.92 Å². The maximum absolute atomic E-state index is 12.8. The number of hydrogen-bond acceptors (Lipinski definition) is 5. The predicted molar refractivity (Wildman–Crippen MR) is 81.2 cm³/mol. The molecule has 2 heterocycles. The van der Waals surface area contributed by atoms with Crippen LogP contribution in [-0.4, -0.2) is 25.9 Å². The van der Waals surface area contributed by atoms with Gasteiger partial charge in [-0.15, -0.1) is 16.4 Å². The molecule has 3 rings (SSSR count). The topological polar surface area (TPSA) is 72.7 Å². The van der Waals surface area contributed by atoms with Crippen molar-refractivity contribution in [2.75, 3.05) is 5.32 Å². The summed E-state index contributed by atoms with van der Waals surface area (Å²) < 4.78 is 39.6. The van der Waals surface area contributed by atoms with Gasteiger partial charge in [-0.2, -0.15) is 13.2 Å². The summed E-state index contributed by atoms with van der Waals surface area (Å²) in [6.45, 7) is 1.55. The zero-order chi connectivity index (χ0) is 17.3. The number of aromatic nitrogens is 4. The first-order chi connectivity index (χ1) is 11.4. The van der Waals surface area contributed by atoms with Crippen LogP contribution in [0.5, 0.6) is 0 Å². The summed E-state index contributed by atoms with van der Waals surface area (Å²) >= 11 is 1.24. The summed E-state index contributed by atoms with van der Waals surface area (Å²) in [6, 6.07) is 4.64. The quantitative estimate of drug-likeness (QED) is 0.784. The Labute approximate surface area is 138 Å². The molecular formula is C14H10F3N5OS. The summed E-state index contributed by atoms with van der Waals surface area (Å²) in [6.07, 6.45) is -2.93. The number of nitrogens with one attached hydrogen (secondary N) is 1. The van der Waals surface area contributed by atoms with Gasteiger partial charge in [-0.1, -0.05) is 11.3 Å². The average molecular weight is 353 g/mol. The molecule has 0 spiro atoms. The predicted octanol–water partition coefficient (Wildman–Crippen LogP) is 3.30. The molecule has 0 fully saturated rings. The van der Waals surface area contributed by atoms with Crippen molar-refractivity contribution in [2.24, 2.45) is 0 Å².